The fourth-order valence-corrected chi connectivity index (χ4v) is 2.16. The van der Waals surface area contributed by atoms with Gasteiger partial charge in [0.1, 0.15) is 11.5 Å². The van der Waals surface area contributed by atoms with Gasteiger partial charge in [-0.3, -0.25) is 0 Å². The van der Waals surface area contributed by atoms with Gasteiger partial charge in [-0.15, -0.1) is 0 Å². The van der Waals surface area contributed by atoms with Crippen molar-refractivity contribution >= 4 is 0 Å². The van der Waals surface area contributed by atoms with E-state index in [2.05, 4.69) is 50.4 Å². The molecule has 0 saturated heterocycles. The molecule has 0 unspecified atom stereocenters. The molecule has 2 aromatic rings. The van der Waals surface area contributed by atoms with E-state index in [0.29, 0.717) is 0 Å². The highest BCUT2D eigenvalue weighted by atomic mass is 16.5. The first-order chi connectivity index (χ1) is 9.10. The van der Waals surface area contributed by atoms with Gasteiger partial charge in [0.15, 0.2) is 0 Å². The monoisotopic (exact) mass is 255 g/mol. The third-order valence-electron chi connectivity index (χ3n) is 3.27. The Labute approximate surface area is 115 Å². The fourth-order valence-electron chi connectivity index (χ4n) is 2.16. The van der Waals surface area contributed by atoms with E-state index in [1.807, 2.05) is 19.2 Å². The Morgan fingerprint density at radius 1 is 1.05 bits per heavy atom. The maximum absolute atomic E-state index is 6.03. The average Bonchev–Trinajstić information content (AvgIpc) is 2.36. The summed E-state index contributed by atoms with van der Waals surface area (Å²) in [5, 5.41) is 3.15. The van der Waals surface area contributed by atoms with E-state index >= 15 is 0 Å². The van der Waals surface area contributed by atoms with Gasteiger partial charge in [-0.05, 0) is 68.3 Å². The van der Waals surface area contributed by atoms with E-state index in [-0.39, 0.29) is 0 Å². The highest BCUT2D eigenvalue weighted by Gasteiger charge is 2.05. The third-order valence-corrected chi connectivity index (χ3v) is 3.27. The third kappa shape index (κ3) is 3.36. The second-order valence-corrected chi connectivity index (χ2v) is 4.98. The van der Waals surface area contributed by atoms with Gasteiger partial charge in [-0.1, -0.05) is 18.2 Å². The molecule has 0 saturated carbocycles. The zero-order valence-corrected chi connectivity index (χ0v) is 12.1. The molecule has 0 amide bonds. The molecule has 0 fully saturated rings. The van der Waals surface area contributed by atoms with Gasteiger partial charge >= 0.3 is 0 Å². The lowest BCUT2D eigenvalue weighted by Gasteiger charge is -2.13. The molecule has 2 aromatic carbocycles. The molecule has 2 heteroatoms. The van der Waals surface area contributed by atoms with Crippen LogP contribution in [0.1, 0.15) is 22.3 Å². The maximum Gasteiger partial charge on any atom is 0.130 e. The molecule has 0 aliphatic heterocycles. The van der Waals surface area contributed by atoms with Crippen LogP contribution < -0.4 is 10.1 Å². The average molecular weight is 255 g/mol. The predicted octanol–water partition coefficient (Wildman–Crippen LogP) is 4.12. The summed E-state index contributed by atoms with van der Waals surface area (Å²) in [6.45, 7) is 7.16. The Hall–Kier alpha value is -1.80. The SMILES string of the molecule is CNCc1cccc(Oc2cc(C)cc(C)c2C)c1. The molecule has 0 atom stereocenters. The summed E-state index contributed by atoms with van der Waals surface area (Å²) in [7, 11) is 1.95. The van der Waals surface area contributed by atoms with Gasteiger partial charge < -0.3 is 10.1 Å². The predicted molar refractivity (Wildman–Crippen MR) is 79.9 cm³/mol. The first kappa shape index (κ1) is 13.6. The lowest BCUT2D eigenvalue weighted by molar-refractivity contribution is 0.477. The van der Waals surface area contributed by atoms with E-state index in [1.165, 1.54) is 22.3 Å². The second-order valence-electron chi connectivity index (χ2n) is 4.98. The van der Waals surface area contributed by atoms with Crippen molar-refractivity contribution in [1.29, 1.82) is 0 Å². The summed E-state index contributed by atoms with van der Waals surface area (Å²) in [5.74, 6) is 1.83. The number of nitrogens with one attached hydrogen (secondary N) is 1. The molecule has 100 valence electrons. The van der Waals surface area contributed by atoms with Gasteiger partial charge in [-0.2, -0.15) is 0 Å². The number of benzene rings is 2. The Morgan fingerprint density at radius 2 is 1.84 bits per heavy atom. The van der Waals surface area contributed by atoms with Crippen LogP contribution in [-0.4, -0.2) is 7.05 Å². The zero-order valence-electron chi connectivity index (χ0n) is 12.1. The molecular weight excluding hydrogens is 234 g/mol. The normalized spacial score (nSPS) is 10.5. The molecule has 0 radical (unpaired) electrons. The molecule has 2 rings (SSSR count). The number of hydrogen-bond acceptors (Lipinski definition) is 2. The summed E-state index contributed by atoms with van der Waals surface area (Å²) in [6.07, 6.45) is 0. The first-order valence-electron chi connectivity index (χ1n) is 6.59. The van der Waals surface area contributed by atoms with E-state index in [9.17, 15) is 0 Å². The molecule has 1 N–H and O–H groups in total. The Balaban J connectivity index is 2.28. The van der Waals surface area contributed by atoms with Crippen molar-refractivity contribution in [3.8, 4) is 11.5 Å². The quantitative estimate of drug-likeness (QED) is 0.887. The van der Waals surface area contributed by atoms with Crippen LogP contribution in [0.3, 0.4) is 0 Å². The summed E-state index contributed by atoms with van der Waals surface area (Å²) >= 11 is 0. The van der Waals surface area contributed by atoms with E-state index < -0.39 is 0 Å². The molecule has 0 aliphatic carbocycles. The molecule has 0 spiro atoms. The summed E-state index contributed by atoms with van der Waals surface area (Å²) in [5.41, 5.74) is 4.91. The minimum Gasteiger partial charge on any atom is -0.457 e. The van der Waals surface area contributed by atoms with Crippen molar-refractivity contribution in [2.75, 3.05) is 7.05 Å². The zero-order chi connectivity index (χ0) is 13.8. The van der Waals surface area contributed by atoms with Crippen molar-refractivity contribution in [3.05, 3.63) is 58.7 Å². The molecule has 0 aromatic heterocycles. The van der Waals surface area contributed by atoms with Crippen molar-refractivity contribution in [2.45, 2.75) is 27.3 Å². The van der Waals surface area contributed by atoms with Crippen molar-refractivity contribution < 1.29 is 4.74 Å². The van der Waals surface area contributed by atoms with E-state index in [1.54, 1.807) is 0 Å². The summed E-state index contributed by atoms with van der Waals surface area (Å²) in [4.78, 5) is 0. The topological polar surface area (TPSA) is 21.3 Å². The molecule has 0 bridgehead atoms. The van der Waals surface area contributed by atoms with Crippen LogP contribution in [0.4, 0.5) is 0 Å². The van der Waals surface area contributed by atoms with Crippen LogP contribution in [0.25, 0.3) is 0 Å². The van der Waals surface area contributed by atoms with E-state index in [4.69, 9.17) is 4.74 Å². The van der Waals surface area contributed by atoms with Crippen LogP contribution in [0.5, 0.6) is 11.5 Å². The smallest absolute Gasteiger partial charge is 0.130 e. The van der Waals surface area contributed by atoms with Gasteiger partial charge in [0, 0.05) is 6.54 Å². The molecular formula is C17H21NO. The van der Waals surface area contributed by atoms with E-state index in [0.717, 1.165) is 18.0 Å². The van der Waals surface area contributed by atoms with Gasteiger partial charge in [0.25, 0.3) is 0 Å². The second kappa shape index (κ2) is 5.89. The van der Waals surface area contributed by atoms with Crippen LogP contribution in [0.2, 0.25) is 0 Å². The minimum atomic E-state index is 0.850. The van der Waals surface area contributed by atoms with Crippen molar-refractivity contribution in [2.24, 2.45) is 0 Å². The van der Waals surface area contributed by atoms with Gasteiger partial charge in [0.05, 0.1) is 0 Å². The van der Waals surface area contributed by atoms with Crippen LogP contribution in [0.15, 0.2) is 36.4 Å². The lowest BCUT2D eigenvalue weighted by Crippen LogP contribution is -2.04. The molecule has 19 heavy (non-hydrogen) atoms. The van der Waals surface area contributed by atoms with Crippen LogP contribution in [-0.2, 0) is 6.54 Å². The summed E-state index contributed by atoms with van der Waals surface area (Å²) in [6, 6.07) is 12.5. The Bertz CT molecular complexity index is 575. The van der Waals surface area contributed by atoms with Gasteiger partial charge in [0.2, 0.25) is 0 Å². The number of aryl methyl sites for hydroxylation is 2. The highest BCUT2D eigenvalue weighted by molar-refractivity contribution is 5.44. The minimum absolute atomic E-state index is 0.850. The lowest BCUT2D eigenvalue weighted by atomic mass is 10.1. The Morgan fingerprint density at radius 3 is 2.58 bits per heavy atom. The van der Waals surface area contributed by atoms with Crippen molar-refractivity contribution in [1.82, 2.24) is 5.32 Å². The first-order valence-corrected chi connectivity index (χ1v) is 6.59. The maximum atomic E-state index is 6.03. The molecule has 0 heterocycles. The number of hydrogen-bond donors (Lipinski definition) is 1. The summed E-state index contributed by atoms with van der Waals surface area (Å²) < 4.78 is 6.03. The molecule has 2 nitrogen and oxygen atoms in total. The van der Waals surface area contributed by atoms with Gasteiger partial charge in [-0.25, -0.2) is 0 Å². The highest BCUT2D eigenvalue weighted by Crippen LogP contribution is 2.28. The fraction of sp³-hybridized carbons (Fsp3) is 0.294. The number of rotatable bonds is 4. The standard InChI is InChI=1S/C17H21NO/c1-12-8-13(2)14(3)17(9-12)19-16-7-5-6-15(10-16)11-18-4/h5-10,18H,11H2,1-4H3. The van der Waals surface area contributed by atoms with Crippen molar-refractivity contribution in [3.63, 3.8) is 0 Å². The Kier molecular flexibility index (Phi) is 4.23. The number of ether oxygens (including phenoxy) is 1. The van der Waals surface area contributed by atoms with Crippen LogP contribution in [0, 0.1) is 20.8 Å². The van der Waals surface area contributed by atoms with Crippen LogP contribution >= 0.6 is 0 Å². The largest absolute Gasteiger partial charge is 0.457 e. The molecule has 0 aliphatic rings.